The van der Waals surface area contributed by atoms with Crippen molar-refractivity contribution in [1.29, 1.82) is 0 Å². The van der Waals surface area contributed by atoms with Crippen molar-refractivity contribution in [1.82, 2.24) is 0 Å². The van der Waals surface area contributed by atoms with Gasteiger partial charge in [0.25, 0.3) is 0 Å². The second-order valence-electron chi connectivity index (χ2n) is 11.2. The quantitative estimate of drug-likeness (QED) is 0.266. The Hall–Kier alpha value is -3.41. The predicted molar refractivity (Wildman–Crippen MR) is 149 cm³/mol. The summed E-state index contributed by atoms with van der Waals surface area (Å²) < 4.78 is 41.8. The summed E-state index contributed by atoms with van der Waals surface area (Å²) in [6.45, 7) is 6.60. The van der Waals surface area contributed by atoms with E-state index in [0.29, 0.717) is 23.3 Å². The van der Waals surface area contributed by atoms with Crippen LogP contribution >= 0.6 is 0 Å². The molecule has 6 heteroatoms. The van der Waals surface area contributed by atoms with Gasteiger partial charge in [-0.05, 0) is 83.0 Å². The molecule has 0 aliphatic heterocycles. The maximum atomic E-state index is 15.5. The fourth-order valence-electron chi connectivity index (χ4n) is 6.02. The number of benzene rings is 3. The summed E-state index contributed by atoms with van der Waals surface area (Å²) in [6, 6.07) is 15.6. The van der Waals surface area contributed by atoms with Gasteiger partial charge < -0.3 is 14.6 Å². The monoisotopic (exact) mass is 536 g/mol. The molecule has 39 heavy (non-hydrogen) atoms. The van der Waals surface area contributed by atoms with Gasteiger partial charge in [0, 0.05) is 5.56 Å². The first kappa shape index (κ1) is 28.6. The predicted octanol–water partition coefficient (Wildman–Crippen LogP) is 8.87. The average Bonchev–Trinajstić information content (AvgIpc) is 3.26. The molecule has 0 unspecified atom stereocenters. The first-order valence-corrected chi connectivity index (χ1v) is 13.7. The maximum Gasteiger partial charge on any atom is 0.303 e. The number of methoxy groups -OCH3 is 1. The summed E-state index contributed by atoms with van der Waals surface area (Å²) in [5.74, 6) is -1.25. The number of rotatable bonds is 11. The van der Waals surface area contributed by atoms with Crippen LogP contribution in [0.5, 0.6) is 11.5 Å². The van der Waals surface area contributed by atoms with E-state index >= 15 is 8.78 Å². The standard InChI is InChI=1S/C33H38F2O4/c1-5-8-22(18-31(36)37)24-9-6-11-30(32(24)35)39-20-21-12-14-25(27-19-23(38-4)13-15-29(27)34)26(17-21)28-10-7-16-33(28,2)3/h6,9,11-15,17,19,22,28H,5,7-8,10,16,18,20H2,1-4H3,(H,36,37)/t22-,28+/m0/s1. The Morgan fingerprint density at radius 1 is 1.10 bits per heavy atom. The van der Waals surface area contributed by atoms with E-state index in [4.69, 9.17) is 9.47 Å². The molecule has 1 aliphatic rings. The molecule has 0 spiro atoms. The Labute approximate surface area is 230 Å². The van der Waals surface area contributed by atoms with E-state index in [2.05, 4.69) is 19.9 Å². The molecule has 4 rings (SSSR count). The van der Waals surface area contributed by atoms with Gasteiger partial charge in [0.2, 0.25) is 0 Å². The van der Waals surface area contributed by atoms with Crippen molar-refractivity contribution in [2.24, 2.45) is 5.41 Å². The largest absolute Gasteiger partial charge is 0.497 e. The molecule has 0 aromatic heterocycles. The van der Waals surface area contributed by atoms with Crippen molar-refractivity contribution in [2.45, 2.75) is 77.7 Å². The number of carboxylic acid groups (broad SMARTS) is 1. The van der Waals surface area contributed by atoms with Crippen LogP contribution in [-0.2, 0) is 11.4 Å². The Bertz CT molecular complexity index is 1320. The Kier molecular flexibility index (Phi) is 8.94. The van der Waals surface area contributed by atoms with Crippen molar-refractivity contribution in [3.63, 3.8) is 0 Å². The number of hydrogen-bond donors (Lipinski definition) is 1. The van der Waals surface area contributed by atoms with Crippen LogP contribution in [0.2, 0.25) is 0 Å². The van der Waals surface area contributed by atoms with Crippen molar-refractivity contribution in [3.05, 3.63) is 82.9 Å². The Balaban J connectivity index is 1.67. The van der Waals surface area contributed by atoms with E-state index in [-0.39, 0.29) is 35.9 Å². The molecule has 4 nitrogen and oxygen atoms in total. The summed E-state index contributed by atoms with van der Waals surface area (Å²) in [6.07, 6.45) is 4.40. The fourth-order valence-corrected chi connectivity index (χ4v) is 6.02. The minimum Gasteiger partial charge on any atom is -0.497 e. The van der Waals surface area contributed by atoms with Gasteiger partial charge in [-0.15, -0.1) is 0 Å². The van der Waals surface area contributed by atoms with Crippen LogP contribution < -0.4 is 9.47 Å². The summed E-state index contributed by atoms with van der Waals surface area (Å²) in [7, 11) is 1.57. The highest BCUT2D eigenvalue weighted by molar-refractivity contribution is 5.71. The second kappa shape index (κ2) is 12.2. The molecular weight excluding hydrogens is 498 g/mol. The molecule has 0 bridgehead atoms. The first-order chi connectivity index (χ1) is 18.6. The Morgan fingerprint density at radius 3 is 2.56 bits per heavy atom. The highest BCUT2D eigenvalue weighted by Gasteiger charge is 2.37. The Morgan fingerprint density at radius 2 is 1.90 bits per heavy atom. The van der Waals surface area contributed by atoms with Gasteiger partial charge in [0.05, 0.1) is 13.5 Å². The lowest BCUT2D eigenvalue weighted by molar-refractivity contribution is -0.137. The van der Waals surface area contributed by atoms with Gasteiger partial charge in [-0.3, -0.25) is 4.79 Å². The molecule has 0 amide bonds. The molecule has 1 aliphatic carbocycles. The third kappa shape index (κ3) is 6.43. The molecule has 1 fully saturated rings. The molecule has 208 valence electrons. The van der Waals surface area contributed by atoms with Gasteiger partial charge in [0.1, 0.15) is 18.2 Å². The van der Waals surface area contributed by atoms with Gasteiger partial charge in [-0.1, -0.05) is 63.9 Å². The van der Waals surface area contributed by atoms with Gasteiger partial charge >= 0.3 is 5.97 Å². The van der Waals surface area contributed by atoms with E-state index < -0.39 is 17.7 Å². The lowest BCUT2D eigenvalue weighted by Gasteiger charge is -2.30. The SMILES string of the molecule is CCC[C@@H](CC(=O)O)c1cccc(OCc2ccc(-c3cc(OC)ccc3F)c([C@H]3CCCC3(C)C)c2)c1F. The second-order valence-corrected chi connectivity index (χ2v) is 11.2. The molecule has 0 saturated heterocycles. The summed E-state index contributed by atoms with van der Waals surface area (Å²) >= 11 is 0. The first-order valence-electron chi connectivity index (χ1n) is 13.7. The zero-order valence-corrected chi connectivity index (χ0v) is 23.2. The highest BCUT2D eigenvalue weighted by Crippen LogP contribution is 2.51. The van der Waals surface area contributed by atoms with Gasteiger partial charge in [-0.2, -0.15) is 0 Å². The molecular formula is C33H38F2O4. The van der Waals surface area contributed by atoms with Crippen LogP contribution in [0.25, 0.3) is 11.1 Å². The van der Waals surface area contributed by atoms with Gasteiger partial charge in [0.15, 0.2) is 11.6 Å². The van der Waals surface area contributed by atoms with Crippen LogP contribution in [0, 0.1) is 17.0 Å². The molecule has 3 aromatic rings. The summed E-state index contributed by atoms with van der Waals surface area (Å²) in [5.41, 5.74) is 3.68. The number of aliphatic carboxylic acids is 1. The lowest BCUT2D eigenvalue weighted by atomic mass is 9.75. The van der Waals surface area contributed by atoms with Crippen molar-refractivity contribution >= 4 is 5.97 Å². The molecule has 2 atom stereocenters. The van der Waals surface area contributed by atoms with Crippen LogP contribution in [0.1, 0.15) is 87.8 Å². The summed E-state index contributed by atoms with van der Waals surface area (Å²) in [5, 5.41) is 9.30. The van der Waals surface area contributed by atoms with Crippen LogP contribution in [0.3, 0.4) is 0 Å². The number of carboxylic acids is 1. The zero-order chi connectivity index (χ0) is 28.2. The van der Waals surface area contributed by atoms with E-state index in [1.54, 1.807) is 37.4 Å². The van der Waals surface area contributed by atoms with E-state index in [1.165, 1.54) is 6.07 Å². The smallest absolute Gasteiger partial charge is 0.303 e. The molecule has 3 aromatic carbocycles. The number of hydrogen-bond acceptors (Lipinski definition) is 3. The molecule has 0 radical (unpaired) electrons. The maximum absolute atomic E-state index is 15.5. The number of carbonyl (C=O) groups is 1. The van der Waals surface area contributed by atoms with Gasteiger partial charge in [-0.25, -0.2) is 8.78 Å². The van der Waals surface area contributed by atoms with E-state index in [0.717, 1.165) is 42.4 Å². The van der Waals surface area contributed by atoms with Crippen molar-refractivity contribution in [2.75, 3.05) is 7.11 Å². The van der Waals surface area contributed by atoms with E-state index in [1.807, 2.05) is 19.1 Å². The minimum absolute atomic E-state index is 0.0580. The average molecular weight is 537 g/mol. The lowest BCUT2D eigenvalue weighted by Crippen LogP contribution is -2.17. The van der Waals surface area contributed by atoms with Crippen molar-refractivity contribution < 1.29 is 28.2 Å². The molecule has 0 heterocycles. The molecule has 1 N–H and O–H groups in total. The highest BCUT2D eigenvalue weighted by atomic mass is 19.1. The minimum atomic E-state index is -0.950. The van der Waals surface area contributed by atoms with E-state index in [9.17, 15) is 9.90 Å². The summed E-state index contributed by atoms with van der Waals surface area (Å²) in [4.78, 5) is 11.4. The third-order valence-corrected chi connectivity index (χ3v) is 8.10. The third-order valence-electron chi connectivity index (χ3n) is 8.10. The number of halogens is 2. The zero-order valence-electron chi connectivity index (χ0n) is 23.2. The fraction of sp³-hybridized carbons (Fsp3) is 0.424. The normalized spacial score (nSPS) is 17.1. The topological polar surface area (TPSA) is 55.8 Å². The van der Waals surface area contributed by atoms with Crippen LogP contribution in [0.15, 0.2) is 54.6 Å². The van der Waals surface area contributed by atoms with Crippen molar-refractivity contribution in [3.8, 4) is 22.6 Å². The van der Waals surface area contributed by atoms with Crippen LogP contribution in [-0.4, -0.2) is 18.2 Å². The van der Waals surface area contributed by atoms with Crippen LogP contribution in [0.4, 0.5) is 8.78 Å². The number of ether oxygens (including phenoxy) is 2. The molecule has 1 saturated carbocycles.